The van der Waals surface area contributed by atoms with Gasteiger partial charge >= 0.3 is 0 Å². The minimum Gasteiger partial charge on any atom is -0.390 e. The van der Waals surface area contributed by atoms with Crippen molar-refractivity contribution < 1.29 is 9.90 Å². The lowest BCUT2D eigenvalue weighted by molar-refractivity contribution is -0.137. The third-order valence-electron chi connectivity index (χ3n) is 4.99. The molecule has 1 aliphatic rings. The molecule has 0 aliphatic carbocycles. The second-order valence-corrected chi connectivity index (χ2v) is 8.44. The van der Waals surface area contributed by atoms with Gasteiger partial charge in [0, 0.05) is 24.5 Å². The third-order valence-corrected chi connectivity index (χ3v) is 5.24. The van der Waals surface area contributed by atoms with Crippen LogP contribution in [0, 0.1) is 5.41 Å². The summed E-state index contributed by atoms with van der Waals surface area (Å²) < 4.78 is 0. The Hall–Kier alpha value is -1.06. The fourth-order valence-corrected chi connectivity index (χ4v) is 3.75. The van der Waals surface area contributed by atoms with Crippen LogP contribution in [0.2, 0.25) is 5.02 Å². The molecule has 1 fully saturated rings. The molecule has 0 aromatic heterocycles. The summed E-state index contributed by atoms with van der Waals surface area (Å²) in [6, 6.07) is 7.85. The number of likely N-dealkylation sites (tertiary alicyclic amines) is 1. The second kappa shape index (κ2) is 7.88. The lowest BCUT2D eigenvalue weighted by Gasteiger charge is -2.39. The fourth-order valence-electron chi connectivity index (χ4n) is 3.63. The Morgan fingerprint density at radius 3 is 2.38 bits per heavy atom. The van der Waals surface area contributed by atoms with Gasteiger partial charge in [0.2, 0.25) is 5.91 Å². The Kier molecular flexibility index (Phi) is 6.33. The van der Waals surface area contributed by atoms with Crippen LogP contribution >= 0.6 is 11.6 Å². The molecule has 24 heavy (non-hydrogen) atoms. The monoisotopic (exact) mass is 351 g/mol. The van der Waals surface area contributed by atoms with Gasteiger partial charge in [0.1, 0.15) is 0 Å². The number of hydrogen-bond donors (Lipinski definition) is 1. The molecule has 3 nitrogen and oxygen atoms in total. The summed E-state index contributed by atoms with van der Waals surface area (Å²) in [5.74, 6) is 0.201. The first-order chi connectivity index (χ1) is 11.2. The maximum Gasteiger partial charge on any atom is 0.223 e. The minimum atomic E-state index is -0.565. The second-order valence-electron chi connectivity index (χ2n) is 8.00. The van der Waals surface area contributed by atoms with Crippen LogP contribution in [-0.2, 0) is 11.2 Å². The van der Waals surface area contributed by atoms with E-state index in [4.69, 9.17) is 11.6 Å². The van der Waals surface area contributed by atoms with Gasteiger partial charge in [-0.05, 0) is 48.8 Å². The molecule has 1 aliphatic heterocycles. The first-order valence-electron chi connectivity index (χ1n) is 8.98. The summed E-state index contributed by atoms with van der Waals surface area (Å²) in [7, 11) is 0. The van der Waals surface area contributed by atoms with Crippen molar-refractivity contribution in [2.24, 2.45) is 5.41 Å². The number of carbonyl (C=O) groups is 1. The molecule has 0 spiro atoms. The van der Waals surface area contributed by atoms with Gasteiger partial charge in [-0.15, -0.1) is 0 Å². The van der Waals surface area contributed by atoms with Crippen molar-refractivity contribution in [1.82, 2.24) is 4.90 Å². The summed E-state index contributed by atoms with van der Waals surface area (Å²) >= 11 is 5.93. The highest BCUT2D eigenvalue weighted by Gasteiger charge is 2.34. The fraction of sp³-hybridized carbons (Fsp3) is 0.650. The highest BCUT2D eigenvalue weighted by atomic mass is 35.5. The largest absolute Gasteiger partial charge is 0.390 e. The van der Waals surface area contributed by atoms with Crippen LogP contribution in [0.3, 0.4) is 0 Å². The van der Waals surface area contributed by atoms with Gasteiger partial charge in [0.25, 0.3) is 0 Å². The molecule has 134 valence electrons. The molecule has 1 heterocycles. The van der Waals surface area contributed by atoms with Crippen molar-refractivity contribution in [1.29, 1.82) is 0 Å². The number of halogens is 1. The molecule has 1 aromatic rings. The smallest absolute Gasteiger partial charge is 0.223 e. The lowest BCUT2D eigenvalue weighted by atomic mass is 9.81. The van der Waals surface area contributed by atoms with Crippen LogP contribution in [0.15, 0.2) is 24.3 Å². The maximum absolute atomic E-state index is 12.7. The normalized spacial score (nSPS) is 17.8. The summed E-state index contributed by atoms with van der Waals surface area (Å²) in [5.41, 5.74) is 0.542. The summed E-state index contributed by atoms with van der Waals surface area (Å²) in [4.78, 5) is 14.6. The molecule has 1 amide bonds. The molecular formula is C20H30ClNO2. The van der Waals surface area contributed by atoms with E-state index < -0.39 is 5.60 Å². The van der Waals surface area contributed by atoms with E-state index in [0.29, 0.717) is 32.4 Å². The molecule has 0 radical (unpaired) electrons. The first-order valence-corrected chi connectivity index (χ1v) is 9.35. The number of amides is 1. The van der Waals surface area contributed by atoms with Crippen molar-refractivity contribution in [3.8, 4) is 0 Å². The number of hydrogen-bond acceptors (Lipinski definition) is 2. The van der Waals surface area contributed by atoms with E-state index in [1.165, 1.54) is 5.56 Å². The van der Waals surface area contributed by atoms with Crippen molar-refractivity contribution >= 4 is 17.5 Å². The zero-order valence-corrected chi connectivity index (χ0v) is 15.9. The van der Waals surface area contributed by atoms with Gasteiger partial charge in [-0.2, -0.15) is 0 Å². The standard InChI is InChI=1S/C20H30ClNO2/c1-4-9-20(24)10-12-22(13-11-20)18(23)15-19(2,3)14-16-5-7-17(21)8-6-16/h5-8,24H,4,9-15H2,1-3H3. The van der Waals surface area contributed by atoms with E-state index in [9.17, 15) is 9.90 Å². The number of nitrogens with zero attached hydrogens (tertiary/aromatic N) is 1. The van der Waals surface area contributed by atoms with Crippen molar-refractivity contribution in [2.75, 3.05) is 13.1 Å². The lowest BCUT2D eigenvalue weighted by Crippen LogP contribution is -2.47. The molecule has 1 N–H and O–H groups in total. The van der Waals surface area contributed by atoms with Gasteiger partial charge in [-0.1, -0.05) is 50.9 Å². The number of carbonyl (C=O) groups excluding carboxylic acids is 1. The van der Waals surface area contributed by atoms with Crippen LogP contribution in [-0.4, -0.2) is 34.6 Å². The van der Waals surface area contributed by atoms with E-state index in [0.717, 1.165) is 24.3 Å². The van der Waals surface area contributed by atoms with Crippen molar-refractivity contribution in [3.05, 3.63) is 34.9 Å². The molecule has 0 atom stereocenters. The molecule has 0 unspecified atom stereocenters. The van der Waals surface area contributed by atoms with Gasteiger partial charge in [0.05, 0.1) is 5.60 Å². The summed E-state index contributed by atoms with van der Waals surface area (Å²) in [6.45, 7) is 7.71. The van der Waals surface area contributed by atoms with E-state index in [-0.39, 0.29) is 11.3 Å². The molecule has 0 bridgehead atoms. The molecule has 1 saturated heterocycles. The van der Waals surface area contributed by atoms with E-state index in [2.05, 4.69) is 20.8 Å². The van der Waals surface area contributed by atoms with Crippen LogP contribution in [0.5, 0.6) is 0 Å². The van der Waals surface area contributed by atoms with Gasteiger partial charge in [-0.25, -0.2) is 0 Å². The molecule has 0 saturated carbocycles. The Balaban J connectivity index is 1.88. The Bertz CT molecular complexity index is 545. The van der Waals surface area contributed by atoms with Crippen molar-refractivity contribution in [3.63, 3.8) is 0 Å². The Labute approximate surface area is 151 Å². The van der Waals surface area contributed by atoms with E-state index >= 15 is 0 Å². The van der Waals surface area contributed by atoms with Gasteiger partial charge in [-0.3, -0.25) is 4.79 Å². The average molecular weight is 352 g/mol. The number of rotatable bonds is 6. The van der Waals surface area contributed by atoms with Gasteiger partial charge < -0.3 is 10.0 Å². The highest BCUT2D eigenvalue weighted by Crippen LogP contribution is 2.31. The zero-order valence-electron chi connectivity index (χ0n) is 15.1. The van der Waals surface area contributed by atoms with Crippen LogP contribution in [0.1, 0.15) is 58.4 Å². The van der Waals surface area contributed by atoms with Crippen molar-refractivity contribution in [2.45, 2.75) is 64.9 Å². The SMILES string of the molecule is CCCC1(O)CCN(C(=O)CC(C)(C)Cc2ccc(Cl)cc2)CC1. The maximum atomic E-state index is 12.7. The van der Waals surface area contributed by atoms with Crippen LogP contribution < -0.4 is 0 Å². The van der Waals surface area contributed by atoms with Crippen LogP contribution in [0.25, 0.3) is 0 Å². The highest BCUT2D eigenvalue weighted by molar-refractivity contribution is 6.30. The first kappa shape index (κ1) is 19.3. The Morgan fingerprint density at radius 1 is 1.25 bits per heavy atom. The van der Waals surface area contributed by atoms with Gasteiger partial charge in [0.15, 0.2) is 0 Å². The predicted molar refractivity (Wildman–Crippen MR) is 99.2 cm³/mol. The summed E-state index contributed by atoms with van der Waals surface area (Å²) in [5, 5.41) is 11.2. The topological polar surface area (TPSA) is 40.5 Å². The number of aliphatic hydroxyl groups is 1. The zero-order chi connectivity index (χ0) is 17.8. The third kappa shape index (κ3) is 5.49. The molecule has 1 aromatic carbocycles. The average Bonchev–Trinajstić information content (AvgIpc) is 2.49. The predicted octanol–water partition coefficient (Wildman–Crippen LogP) is 4.45. The quantitative estimate of drug-likeness (QED) is 0.822. The molecular weight excluding hydrogens is 322 g/mol. The Morgan fingerprint density at radius 2 is 1.83 bits per heavy atom. The molecule has 2 rings (SSSR count). The van der Waals surface area contributed by atoms with E-state index in [1.807, 2.05) is 29.2 Å². The number of piperidine rings is 1. The van der Waals surface area contributed by atoms with Crippen LogP contribution in [0.4, 0.5) is 0 Å². The van der Waals surface area contributed by atoms with E-state index in [1.54, 1.807) is 0 Å². The summed E-state index contributed by atoms with van der Waals surface area (Å²) in [6.07, 6.45) is 4.59. The number of benzene rings is 1. The molecule has 4 heteroatoms. The minimum absolute atomic E-state index is 0.0952.